The van der Waals surface area contributed by atoms with Crippen LogP contribution in [0.15, 0.2) is 63.3 Å². The van der Waals surface area contributed by atoms with Crippen LogP contribution in [0.1, 0.15) is 53.8 Å². The highest BCUT2D eigenvalue weighted by Crippen LogP contribution is 2.35. The van der Waals surface area contributed by atoms with Crippen molar-refractivity contribution in [1.82, 2.24) is 19.5 Å². The van der Waals surface area contributed by atoms with Crippen molar-refractivity contribution in [2.24, 2.45) is 0 Å². The van der Waals surface area contributed by atoms with Gasteiger partial charge in [-0.05, 0) is 56.0 Å². The zero-order chi connectivity index (χ0) is 24.9. The summed E-state index contributed by atoms with van der Waals surface area (Å²) in [4.78, 5) is 41.1. The molecule has 35 heavy (non-hydrogen) atoms. The van der Waals surface area contributed by atoms with Gasteiger partial charge in [-0.1, -0.05) is 55.9 Å². The summed E-state index contributed by atoms with van der Waals surface area (Å²) < 4.78 is 1.70. The molecule has 0 spiro atoms. The van der Waals surface area contributed by atoms with Crippen molar-refractivity contribution in [3.63, 3.8) is 0 Å². The van der Waals surface area contributed by atoms with E-state index in [9.17, 15) is 9.59 Å². The molecule has 1 unspecified atom stereocenters. The SMILES string of the molecule is Cc1sc2nc(C(C)Sc3nc4ccccc4c(=O)n3-c3ccccc3C(C)C)[nH]c(=O)c2c1C. The average molecular weight is 503 g/mol. The van der Waals surface area contributed by atoms with Crippen molar-refractivity contribution in [2.75, 3.05) is 0 Å². The molecule has 5 rings (SSSR count). The second-order valence-corrected chi connectivity index (χ2v) is 11.5. The molecule has 8 heteroatoms. The van der Waals surface area contributed by atoms with E-state index in [1.54, 1.807) is 4.57 Å². The van der Waals surface area contributed by atoms with Gasteiger partial charge >= 0.3 is 0 Å². The van der Waals surface area contributed by atoms with Crippen LogP contribution >= 0.6 is 23.1 Å². The number of aryl methyl sites for hydroxylation is 2. The van der Waals surface area contributed by atoms with E-state index < -0.39 is 0 Å². The minimum absolute atomic E-state index is 0.111. The molecular weight excluding hydrogens is 476 g/mol. The highest BCUT2D eigenvalue weighted by molar-refractivity contribution is 7.99. The summed E-state index contributed by atoms with van der Waals surface area (Å²) in [6.07, 6.45) is 0. The Morgan fingerprint density at radius 3 is 2.46 bits per heavy atom. The maximum absolute atomic E-state index is 13.7. The van der Waals surface area contributed by atoms with Crippen molar-refractivity contribution >= 4 is 44.2 Å². The Balaban J connectivity index is 1.68. The molecule has 0 aliphatic carbocycles. The highest BCUT2D eigenvalue weighted by atomic mass is 32.2. The molecule has 1 N–H and O–H groups in total. The quantitative estimate of drug-likeness (QED) is 0.226. The third kappa shape index (κ3) is 4.10. The molecule has 0 aliphatic heterocycles. The van der Waals surface area contributed by atoms with E-state index in [1.165, 1.54) is 23.1 Å². The van der Waals surface area contributed by atoms with Crippen LogP contribution in [0.3, 0.4) is 0 Å². The predicted octanol–water partition coefficient (Wildman–Crippen LogP) is 6.28. The molecule has 1 atom stereocenters. The van der Waals surface area contributed by atoms with E-state index >= 15 is 0 Å². The smallest absolute Gasteiger partial charge is 0.266 e. The fourth-order valence-electron chi connectivity index (χ4n) is 4.26. The normalized spacial score (nSPS) is 12.6. The van der Waals surface area contributed by atoms with Crippen LogP contribution in [0.2, 0.25) is 0 Å². The molecular formula is C27H26N4O2S2. The molecule has 0 aliphatic rings. The van der Waals surface area contributed by atoms with E-state index in [0.717, 1.165) is 26.5 Å². The standard InChI is InChI=1S/C27H26N4O2S2/c1-14(2)18-10-7-9-13-21(18)31-26(33)19-11-6-8-12-20(19)28-27(31)35-17(5)23-29-24(32)22-15(3)16(4)34-25(22)30-23/h6-14,17H,1-5H3,(H,29,30,32). The summed E-state index contributed by atoms with van der Waals surface area (Å²) in [7, 11) is 0. The lowest BCUT2D eigenvalue weighted by Gasteiger charge is -2.19. The zero-order valence-corrected chi connectivity index (χ0v) is 21.9. The second kappa shape index (κ2) is 9.09. The number of fused-ring (bicyclic) bond motifs is 2. The van der Waals surface area contributed by atoms with Gasteiger partial charge in [0.2, 0.25) is 0 Å². The van der Waals surface area contributed by atoms with Gasteiger partial charge in [0.15, 0.2) is 5.16 Å². The van der Waals surface area contributed by atoms with Crippen molar-refractivity contribution in [1.29, 1.82) is 0 Å². The number of benzene rings is 2. The lowest BCUT2D eigenvalue weighted by Crippen LogP contribution is -2.23. The van der Waals surface area contributed by atoms with E-state index in [0.29, 0.717) is 27.3 Å². The number of nitrogens with one attached hydrogen (secondary N) is 1. The van der Waals surface area contributed by atoms with Gasteiger partial charge in [0.25, 0.3) is 11.1 Å². The summed E-state index contributed by atoms with van der Waals surface area (Å²) in [6, 6.07) is 15.3. The fourth-order valence-corrected chi connectivity index (χ4v) is 6.28. The first-order valence-corrected chi connectivity index (χ1v) is 13.2. The summed E-state index contributed by atoms with van der Waals surface area (Å²) in [6.45, 7) is 10.2. The first-order valence-electron chi connectivity index (χ1n) is 11.5. The van der Waals surface area contributed by atoms with Gasteiger partial charge in [0.1, 0.15) is 10.7 Å². The first-order chi connectivity index (χ1) is 16.8. The van der Waals surface area contributed by atoms with E-state index in [-0.39, 0.29) is 22.3 Å². The fraction of sp³-hybridized carbons (Fsp3) is 0.259. The molecule has 3 aromatic heterocycles. The van der Waals surface area contributed by atoms with Crippen LogP contribution in [-0.4, -0.2) is 19.5 Å². The number of aromatic amines is 1. The van der Waals surface area contributed by atoms with Crippen molar-refractivity contribution < 1.29 is 0 Å². The van der Waals surface area contributed by atoms with Gasteiger partial charge in [-0.15, -0.1) is 11.3 Å². The average Bonchev–Trinajstić information content (AvgIpc) is 3.13. The topological polar surface area (TPSA) is 80.6 Å². The molecule has 5 aromatic rings. The molecule has 0 bridgehead atoms. The van der Waals surface area contributed by atoms with Crippen LogP contribution in [-0.2, 0) is 0 Å². The molecule has 2 aromatic carbocycles. The summed E-state index contributed by atoms with van der Waals surface area (Å²) >= 11 is 2.95. The third-order valence-electron chi connectivity index (χ3n) is 6.27. The molecule has 0 fully saturated rings. The van der Waals surface area contributed by atoms with E-state index in [1.807, 2.05) is 69.3 Å². The number of H-pyrrole nitrogens is 1. The Kier molecular flexibility index (Phi) is 6.11. The molecule has 0 amide bonds. The maximum atomic E-state index is 13.7. The Morgan fingerprint density at radius 2 is 1.69 bits per heavy atom. The summed E-state index contributed by atoms with van der Waals surface area (Å²) in [5.41, 5.74) is 3.27. The minimum Gasteiger partial charge on any atom is -0.309 e. The number of thioether (sulfide) groups is 1. The minimum atomic E-state index is -0.236. The van der Waals surface area contributed by atoms with E-state index in [2.05, 4.69) is 18.8 Å². The molecule has 6 nitrogen and oxygen atoms in total. The van der Waals surface area contributed by atoms with Gasteiger partial charge in [-0.3, -0.25) is 14.2 Å². The van der Waals surface area contributed by atoms with Gasteiger partial charge in [-0.2, -0.15) is 0 Å². The zero-order valence-electron chi connectivity index (χ0n) is 20.2. The van der Waals surface area contributed by atoms with Crippen molar-refractivity contribution in [3.05, 3.63) is 91.1 Å². The lowest BCUT2D eigenvalue weighted by atomic mass is 10.0. The number of rotatable bonds is 5. The van der Waals surface area contributed by atoms with Gasteiger partial charge < -0.3 is 4.98 Å². The second-order valence-electron chi connectivity index (χ2n) is 8.94. The van der Waals surface area contributed by atoms with Gasteiger partial charge in [0, 0.05) is 4.88 Å². The largest absolute Gasteiger partial charge is 0.309 e. The van der Waals surface area contributed by atoms with Crippen LogP contribution in [0.25, 0.3) is 26.8 Å². The molecule has 0 saturated heterocycles. The number of nitrogens with zero attached hydrogens (tertiary/aromatic N) is 3. The number of aromatic nitrogens is 4. The number of para-hydroxylation sites is 2. The molecule has 178 valence electrons. The molecule has 0 radical (unpaired) electrons. The lowest BCUT2D eigenvalue weighted by molar-refractivity contribution is 0.776. The molecule has 0 saturated carbocycles. The number of thiophene rings is 1. The van der Waals surface area contributed by atoms with Crippen LogP contribution in [0.5, 0.6) is 0 Å². The van der Waals surface area contributed by atoms with Gasteiger partial charge in [-0.25, -0.2) is 9.97 Å². The first kappa shape index (κ1) is 23.5. The van der Waals surface area contributed by atoms with E-state index in [4.69, 9.17) is 9.97 Å². The Labute approximate surface area is 211 Å². The summed E-state index contributed by atoms with van der Waals surface area (Å²) in [5, 5.41) is 1.55. The van der Waals surface area contributed by atoms with Crippen LogP contribution < -0.4 is 11.1 Å². The van der Waals surface area contributed by atoms with Crippen LogP contribution in [0.4, 0.5) is 0 Å². The third-order valence-corrected chi connectivity index (χ3v) is 8.43. The predicted molar refractivity (Wildman–Crippen MR) is 145 cm³/mol. The number of hydrogen-bond acceptors (Lipinski definition) is 6. The monoisotopic (exact) mass is 502 g/mol. The number of hydrogen-bond donors (Lipinski definition) is 1. The summed E-state index contributed by atoms with van der Waals surface area (Å²) in [5.74, 6) is 0.797. The van der Waals surface area contributed by atoms with Crippen molar-refractivity contribution in [3.8, 4) is 5.69 Å². The van der Waals surface area contributed by atoms with Gasteiger partial charge in [0.05, 0.1) is 27.2 Å². The van der Waals surface area contributed by atoms with Crippen LogP contribution in [0, 0.1) is 13.8 Å². The maximum Gasteiger partial charge on any atom is 0.266 e. The Morgan fingerprint density at radius 1 is 0.971 bits per heavy atom. The van der Waals surface area contributed by atoms with Crippen molar-refractivity contribution in [2.45, 2.75) is 50.9 Å². The highest BCUT2D eigenvalue weighted by Gasteiger charge is 2.21. The molecule has 3 heterocycles. The Bertz CT molecular complexity index is 1700. The Hall–Kier alpha value is -3.23.